The summed E-state index contributed by atoms with van der Waals surface area (Å²) < 4.78 is 13.5. The number of hydrogen-bond acceptors (Lipinski definition) is 2. The van der Waals surface area contributed by atoms with Gasteiger partial charge in [-0.05, 0) is 32.0 Å². The van der Waals surface area contributed by atoms with E-state index in [-0.39, 0.29) is 18.3 Å². The van der Waals surface area contributed by atoms with Crippen LogP contribution in [0, 0.1) is 5.82 Å². The molecule has 0 saturated carbocycles. The van der Waals surface area contributed by atoms with E-state index in [1.54, 1.807) is 19.1 Å². The molecule has 0 saturated heterocycles. The van der Waals surface area contributed by atoms with Crippen molar-refractivity contribution in [2.45, 2.75) is 25.8 Å². The summed E-state index contributed by atoms with van der Waals surface area (Å²) in [4.78, 5) is 10.3. The second kappa shape index (κ2) is 6.57. The molecule has 1 unspecified atom stereocenters. The van der Waals surface area contributed by atoms with Crippen molar-refractivity contribution in [2.75, 3.05) is 6.54 Å². The third kappa shape index (κ3) is 4.32. The average molecular weight is 260 g/mol. The van der Waals surface area contributed by atoms with Gasteiger partial charge in [0.1, 0.15) is 5.82 Å². The lowest BCUT2D eigenvalue weighted by atomic mass is 10.1. The van der Waals surface area contributed by atoms with Crippen LogP contribution in [0.25, 0.3) is 0 Å². The number of hydrogen-bond donors (Lipinski definition) is 2. The van der Waals surface area contributed by atoms with Gasteiger partial charge in [0.2, 0.25) is 0 Å². The Labute approximate surface area is 105 Å². The highest BCUT2D eigenvalue weighted by atomic mass is 35.5. The van der Waals surface area contributed by atoms with Crippen molar-refractivity contribution in [3.05, 3.63) is 34.6 Å². The van der Waals surface area contributed by atoms with Gasteiger partial charge >= 0.3 is 5.97 Å². The maximum absolute atomic E-state index is 13.5. The zero-order chi connectivity index (χ0) is 12.8. The van der Waals surface area contributed by atoms with E-state index >= 15 is 0 Å². The second-order valence-corrected chi connectivity index (χ2v) is 4.22. The predicted octanol–water partition coefficient (Wildman–Crippen LogP) is 2.99. The highest BCUT2D eigenvalue weighted by Gasteiger charge is 2.13. The van der Waals surface area contributed by atoms with Crippen LogP contribution in [0.1, 0.15) is 31.4 Å². The Balaban J connectivity index is 2.52. The first-order valence-electron chi connectivity index (χ1n) is 5.41. The smallest absolute Gasteiger partial charge is 0.303 e. The molecule has 0 bridgehead atoms. The molecule has 2 N–H and O–H groups in total. The number of carboxylic acids is 1. The molecule has 94 valence electrons. The van der Waals surface area contributed by atoms with E-state index in [4.69, 9.17) is 16.7 Å². The predicted molar refractivity (Wildman–Crippen MR) is 64.7 cm³/mol. The van der Waals surface area contributed by atoms with Crippen LogP contribution in [0.3, 0.4) is 0 Å². The van der Waals surface area contributed by atoms with E-state index in [9.17, 15) is 9.18 Å². The van der Waals surface area contributed by atoms with Gasteiger partial charge < -0.3 is 10.4 Å². The van der Waals surface area contributed by atoms with Gasteiger partial charge in [-0.25, -0.2) is 4.39 Å². The molecular weight excluding hydrogens is 245 g/mol. The van der Waals surface area contributed by atoms with Crippen LogP contribution >= 0.6 is 11.6 Å². The van der Waals surface area contributed by atoms with E-state index in [1.165, 1.54) is 6.07 Å². The maximum Gasteiger partial charge on any atom is 0.303 e. The molecule has 1 rings (SSSR count). The normalized spacial score (nSPS) is 12.4. The Morgan fingerprint density at radius 1 is 1.59 bits per heavy atom. The molecule has 0 spiro atoms. The maximum atomic E-state index is 13.5. The Morgan fingerprint density at radius 3 is 2.88 bits per heavy atom. The fraction of sp³-hybridized carbons (Fsp3) is 0.417. The van der Waals surface area contributed by atoms with Gasteiger partial charge in [0.05, 0.1) is 0 Å². The molecule has 0 aliphatic rings. The lowest BCUT2D eigenvalue weighted by molar-refractivity contribution is -0.137. The molecule has 1 aromatic carbocycles. The van der Waals surface area contributed by atoms with Crippen LogP contribution in [0.5, 0.6) is 0 Å². The van der Waals surface area contributed by atoms with Gasteiger partial charge in [-0.15, -0.1) is 0 Å². The first kappa shape index (κ1) is 13.9. The van der Waals surface area contributed by atoms with Crippen molar-refractivity contribution in [1.29, 1.82) is 0 Å². The zero-order valence-corrected chi connectivity index (χ0v) is 10.3. The molecule has 1 atom stereocenters. The largest absolute Gasteiger partial charge is 0.481 e. The standard InChI is InChI=1S/C12H15ClFNO2/c1-8(15-7-3-6-11(16)17)12-9(13)4-2-5-10(12)14/h2,4-5,8,15H,3,6-7H2,1H3,(H,16,17). The minimum atomic E-state index is -0.830. The number of carbonyl (C=O) groups is 1. The lowest BCUT2D eigenvalue weighted by Gasteiger charge is -2.16. The van der Waals surface area contributed by atoms with Crippen LogP contribution in [0.15, 0.2) is 18.2 Å². The summed E-state index contributed by atoms with van der Waals surface area (Å²) in [5, 5.41) is 11.9. The Hall–Kier alpha value is -1.13. The third-order valence-corrected chi connectivity index (χ3v) is 2.78. The molecule has 0 fully saturated rings. The van der Waals surface area contributed by atoms with Crippen molar-refractivity contribution in [2.24, 2.45) is 0 Å². The number of carboxylic acid groups (broad SMARTS) is 1. The van der Waals surface area contributed by atoms with Gasteiger partial charge in [0.15, 0.2) is 0 Å². The molecule has 5 heteroatoms. The highest BCUT2D eigenvalue weighted by Crippen LogP contribution is 2.25. The van der Waals surface area contributed by atoms with Crippen molar-refractivity contribution in [3.63, 3.8) is 0 Å². The van der Waals surface area contributed by atoms with Crippen LogP contribution in [0.2, 0.25) is 5.02 Å². The summed E-state index contributed by atoms with van der Waals surface area (Å²) in [7, 11) is 0. The van der Waals surface area contributed by atoms with E-state index in [0.29, 0.717) is 23.6 Å². The number of nitrogens with one attached hydrogen (secondary N) is 1. The molecule has 1 aromatic rings. The SMILES string of the molecule is CC(NCCCC(=O)O)c1c(F)cccc1Cl. The fourth-order valence-corrected chi connectivity index (χ4v) is 1.91. The zero-order valence-electron chi connectivity index (χ0n) is 9.54. The highest BCUT2D eigenvalue weighted by molar-refractivity contribution is 6.31. The number of halogens is 2. The van der Waals surface area contributed by atoms with E-state index in [0.717, 1.165) is 0 Å². The van der Waals surface area contributed by atoms with Gasteiger partial charge in [0.25, 0.3) is 0 Å². The molecule has 0 aliphatic heterocycles. The van der Waals surface area contributed by atoms with Crippen LogP contribution < -0.4 is 5.32 Å². The molecule has 0 aliphatic carbocycles. The molecular formula is C12H15ClFNO2. The molecule has 17 heavy (non-hydrogen) atoms. The molecule has 0 radical (unpaired) electrons. The second-order valence-electron chi connectivity index (χ2n) is 3.81. The lowest BCUT2D eigenvalue weighted by Crippen LogP contribution is -2.21. The number of aliphatic carboxylic acids is 1. The summed E-state index contributed by atoms with van der Waals surface area (Å²) >= 11 is 5.91. The minimum absolute atomic E-state index is 0.102. The molecule has 0 heterocycles. The topological polar surface area (TPSA) is 49.3 Å². The molecule has 3 nitrogen and oxygen atoms in total. The minimum Gasteiger partial charge on any atom is -0.481 e. The van der Waals surface area contributed by atoms with Gasteiger partial charge in [-0.1, -0.05) is 17.7 Å². The van der Waals surface area contributed by atoms with Crippen molar-refractivity contribution < 1.29 is 14.3 Å². The monoisotopic (exact) mass is 259 g/mol. The summed E-state index contributed by atoms with van der Waals surface area (Å²) in [5.74, 6) is -1.18. The summed E-state index contributed by atoms with van der Waals surface area (Å²) in [5.41, 5.74) is 0.421. The van der Waals surface area contributed by atoms with E-state index < -0.39 is 5.97 Å². The van der Waals surface area contributed by atoms with Crippen LogP contribution in [-0.4, -0.2) is 17.6 Å². The van der Waals surface area contributed by atoms with E-state index in [2.05, 4.69) is 5.32 Å². The molecule has 0 amide bonds. The Morgan fingerprint density at radius 2 is 2.29 bits per heavy atom. The van der Waals surface area contributed by atoms with Crippen LogP contribution in [0.4, 0.5) is 4.39 Å². The van der Waals surface area contributed by atoms with Crippen molar-refractivity contribution >= 4 is 17.6 Å². The average Bonchev–Trinajstić information content (AvgIpc) is 2.24. The van der Waals surface area contributed by atoms with Crippen LogP contribution in [-0.2, 0) is 4.79 Å². The quantitative estimate of drug-likeness (QED) is 0.772. The summed E-state index contributed by atoms with van der Waals surface area (Å²) in [6.45, 7) is 2.31. The van der Waals surface area contributed by atoms with Crippen molar-refractivity contribution in [3.8, 4) is 0 Å². The molecule has 0 aromatic heterocycles. The summed E-state index contributed by atoms with van der Waals surface area (Å²) in [6, 6.07) is 4.31. The third-order valence-electron chi connectivity index (χ3n) is 2.45. The van der Waals surface area contributed by atoms with Gasteiger partial charge in [0, 0.05) is 23.0 Å². The summed E-state index contributed by atoms with van der Waals surface area (Å²) in [6.07, 6.45) is 0.608. The number of rotatable bonds is 6. The van der Waals surface area contributed by atoms with Gasteiger partial charge in [-0.3, -0.25) is 4.79 Å². The first-order valence-corrected chi connectivity index (χ1v) is 5.79. The Kier molecular flexibility index (Phi) is 5.38. The van der Waals surface area contributed by atoms with Crippen molar-refractivity contribution in [1.82, 2.24) is 5.32 Å². The van der Waals surface area contributed by atoms with Gasteiger partial charge in [-0.2, -0.15) is 0 Å². The first-order chi connectivity index (χ1) is 8.02. The number of benzene rings is 1. The Bertz CT molecular complexity index is 378. The van der Waals surface area contributed by atoms with E-state index in [1.807, 2.05) is 0 Å². The fourth-order valence-electron chi connectivity index (χ4n) is 1.58.